The van der Waals surface area contributed by atoms with Gasteiger partial charge in [-0.15, -0.1) is 11.3 Å². The number of halogens is 2. The zero-order chi connectivity index (χ0) is 15.6. The third-order valence-corrected chi connectivity index (χ3v) is 8.13. The lowest BCUT2D eigenvalue weighted by Crippen LogP contribution is -2.42. The Labute approximate surface area is 144 Å². The smallest absolute Gasteiger partial charge is 0.252 e. The number of sulfonamides is 1. The standard InChI is InChI=1S/C13H20BrClN2O2S2/c1-9(2)7-17(8-10-4-3-5-16-10)21(18,19)12-6-11(15)13(14)20-12/h6,9-10,16H,3-5,7-8H2,1-2H3. The monoisotopic (exact) mass is 414 g/mol. The summed E-state index contributed by atoms with van der Waals surface area (Å²) >= 11 is 10.4. The second-order valence-electron chi connectivity index (χ2n) is 5.70. The summed E-state index contributed by atoms with van der Waals surface area (Å²) in [6.45, 7) is 6.07. The molecule has 120 valence electrons. The van der Waals surface area contributed by atoms with Crippen LogP contribution in [0.1, 0.15) is 26.7 Å². The van der Waals surface area contributed by atoms with E-state index in [9.17, 15) is 8.42 Å². The van der Waals surface area contributed by atoms with E-state index in [4.69, 9.17) is 11.6 Å². The molecule has 1 aromatic rings. The van der Waals surface area contributed by atoms with Crippen LogP contribution in [-0.4, -0.2) is 38.4 Å². The Morgan fingerprint density at radius 1 is 1.57 bits per heavy atom. The molecule has 1 atom stereocenters. The fraction of sp³-hybridized carbons (Fsp3) is 0.692. The summed E-state index contributed by atoms with van der Waals surface area (Å²) in [6, 6.07) is 1.78. The lowest BCUT2D eigenvalue weighted by Gasteiger charge is -2.26. The minimum atomic E-state index is -3.49. The largest absolute Gasteiger partial charge is 0.313 e. The fourth-order valence-electron chi connectivity index (χ4n) is 2.42. The van der Waals surface area contributed by atoms with Gasteiger partial charge in [-0.3, -0.25) is 0 Å². The molecule has 0 saturated carbocycles. The van der Waals surface area contributed by atoms with Crippen LogP contribution in [0.15, 0.2) is 14.1 Å². The van der Waals surface area contributed by atoms with Gasteiger partial charge in [0.15, 0.2) is 0 Å². The predicted octanol–water partition coefficient (Wildman–Crippen LogP) is 3.56. The van der Waals surface area contributed by atoms with Gasteiger partial charge in [0.05, 0.1) is 8.81 Å². The highest BCUT2D eigenvalue weighted by atomic mass is 79.9. The molecule has 0 bridgehead atoms. The van der Waals surface area contributed by atoms with Crippen molar-refractivity contribution in [2.45, 2.75) is 36.9 Å². The van der Waals surface area contributed by atoms with E-state index >= 15 is 0 Å². The molecule has 1 aliphatic rings. The highest BCUT2D eigenvalue weighted by molar-refractivity contribution is 9.11. The minimum Gasteiger partial charge on any atom is -0.313 e. The Hall–Kier alpha value is 0.340. The molecule has 1 fully saturated rings. The van der Waals surface area contributed by atoms with Crippen molar-refractivity contribution in [3.63, 3.8) is 0 Å². The molecule has 21 heavy (non-hydrogen) atoms. The normalized spacial score (nSPS) is 19.8. The maximum Gasteiger partial charge on any atom is 0.252 e. The number of hydrogen-bond donors (Lipinski definition) is 1. The predicted molar refractivity (Wildman–Crippen MR) is 91.7 cm³/mol. The average Bonchev–Trinajstić information content (AvgIpc) is 2.99. The van der Waals surface area contributed by atoms with Gasteiger partial charge < -0.3 is 5.32 Å². The fourth-order valence-corrected chi connectivity index (χ4v) is 6.62. The summed E-state index contributed by atoms with van der Waals surface area (Å²) in [7, 11) is -3.49. The van der Waals surface area contributed by atoms with E-state index in [1.807, 2.05) is 13.8 Å². The van der Waals surface area contributed by atoms with Crippen molar-refractivity contribution in [3.05, 3.63) is 14.9 Å². The molecule has 1 N–H and O–H groups in total. The molecule has 0 amide bonds. The minimum absolute atomic E-state index is 0.248. The molecule has 1 unspecified atom stereocenters. The van der Waals surface area contributed by atoms with Crippen molar-refractivity contribution in [2.24, 2.45) is 5.92 Å². The van der Waals surface area contributed by atoms with E-state index in [-0.39, 0.29) is 12.0 Å². The van der Waals surface area contributed by atoms with Crippen LogP contribution in [0.4, 0.5) is 0 Å². The first-order chi connectivity index (χ1) is 9.80. The van der Waals surface area contributed by atoms with E-state index in [0.717, 1.165) is 19.4 Å². The van der Waals surface area contributed by atoms with E-state index in [1.165, 1.54) is 17.4 Å². The van der Waals surface area contributed by atoms with E-state index in [2.05, 4.69) is 21.2 Å². The molecule has 0 spiro atoms. The maximum atomic E-state index is 12.9. The summed E-state index contributed by atoms with van der Waals surface area (Å²) in [6.07, 6.45) is 2.13. The molecule has 4 nitrogen and oxygen atoms in total. The van der Waals surface area contributed by atoms with Crippen LogP contribution >= 0.6 is 38.9 Å². The third kappa shape index (κ3) is 4.42. The molecule has 1 aromatic heterocycles. The summed E-state index contributed by atoms with van der Waals surface area (Å²) < 4.78 is 28.3. The SMILES string of the molecule is CC(C)CN(CC1CCCN1)S(=O)(=O)c1cc(Cl)c(Br)s1. The molecule has 1 aliphatic heterocycles. The molecule has 0 aromatic carbocycles. The van der Waals surface area contributed by atoms with Crippen LogP contribution < -0.4 is 5.32 Å². The lowest BCUT2D eigenvalue weighted by molar-refractivity contribution is 0.337. The molecule has 0 radical (unpaired) electrons. The molecule has 0 aliphatic carbocycles. The zero-order valence-corrected chi connectivity index (χ0v) is 16.1. The molecular weight excluding hydrogens is 396 g/mol. The van der Waals surface area contributed by atoms with Gasteiger partial charge in [0, 0.05) is 19.1 Å². The number of nitrogens with one attached hydrogen (secondary N) is 1. The van der Waals surface area contributed by atoms with Crippen LogP contribution in [0.2, 0.25) is 5.02 Å². The Balaban J connectivity index is 2.24. The quantitative estimate of drug-likeness (QED) is 0.773. The van der Waals surface area contributed by atoms with Gasteiger partial charge in [-0.1, -0.05) is 25.4 Å². The van der Waals surface area contributed by atoms with Crippen LogP contribution in [0.5, 0.6) is 0 Å². The maximum absolute atomic E-state index is 12.9. The van der Waals surface area contributed by atoms with Crippen molar-refractivity contribution in [2.75, 3.05) is 19.6 Å². The average molecular weight is 416 g/mol. The van der Waals surface area contributed by atoms with Crippen LogP contribution in [0.3, 0.4) is 0 Å². The second kappa shape index (κ2) is 7.27. The van der Waals surface area contributed by atoms with Crippen LogP contribution in [-0.2, 0) is 10.0 Å². The Morgan fingerprint density at radius 3 is 2.76 bits per heavy atom. The Bertz CT molecular complexity index is 563. The number of hydrogen-bond acceptors (Lipinski definition) is 4. The van der Waals surface area contributed by atoms with Crippen molar-refractivity contribution in [1.82, 2.24) is 9.62 Å². The number of thiophene rings is 1. The van der Waals surface area contributed by atoms with Crippen LogP contribution in [0.25, 0.3) is 0 Å². The first kappa shape index (κ1) is 17.7. The van der Waals surface area contributed by atoms with Gasteiger partial charge in [0.25, 0.3) is 10.0 Å². The van der Waals surface area contributed by atoms with Gasteiger partial charge in [-0.25, -0.2) is 8.42 Å². The van der Waals surface area contributed by atoms with Crippen molar-refractivity contribution < 1.29 is 8.42 Å². The number of nitrogens with zero attached hydrogens (tertiary/aromatic N) is 1. The molecule has 2 heterocycles. The van der Waals surface area contributed by atoms with Gasteiger partial charge in [-0.05, 0) is 47.3 Å². The molecule has 8 heteroatoms. The highest BCUT2D eigenvalue weighted by Gasteiger charge is 2.30. The van der Waals surface area contributed by atoms with Crippen molar-refractivity contribution in [3.8, 4) is 0 Å². The van der Waals surface area contributed by atoms with Gasteiger partial charge in [0.2, 0.25) is 0 Å². The highest BCUT2D eigenvalue weighted by Crippen LogP contribution is 2.36. The summed E-state index contributed by atoms with van der Waals surface area (Å²) in [5, 5.41) is 3.81. The topological polar surface area (TPSA) is 49.4 Å². The molecule has 1 saturated heterocycles. The molecule has 2 rings (SSSR count). The van der Waals surface area contributed by atoms with Crippen LogP contribution in [0, 0.1) is 5.92 Å². The summed E-state index contributed by atoms with van der Waals surface area (Å²) in [4.78, 5) is 0. The first-order valence-electron chi connectivity index (χ1n) is 6.99. The zero-order valence-electron chi connectivity index (χ0n) is 12.1. The summed E-state index contributed by atoms with van der Waals surface area (Å²) in [5.41, 5.74) is 0. The first-order valence-corrected chi connectivity index (χ1v) is 10.4. The van der Waals surface area contributed by atoms with Gasteiger partial charge in [0.1, 0.15) is 4.21 Å². The van der Waals surface area contributed by atoms with Gasteiger partial charge in [-0.2, -0.15) is 4.31 Å². The van der Waals surface area contributed by atoms with E-state index in [0.29, 0.717) is 26.1 Å². The van der Waals surface area contributed by atoms with Crippen molar-refractivity contribution >= 4 is 48.9 Å². The number of rotatable bonds is 6. The van der Waals surface area contributed by atoms with E-state index in [1.54, 1.807) is 4.31 Å². The summed E-state index contributed by atoms with van der Waals surface area (Å²) in [5.74, 6) is 0.278. The third-order valence-electron chi connectivity index (χ3n) is 3.37. The van der Waals surface area contributed by atoms with Gasteiger partial charge >= 0.3 is 0 Å². The molecular formula is C13H20BrClN2O2S2. The van der Waals surface area contributed by atoms with E-state index < -0.39 is 10.0 Å². The Morgan fingerprint density at radius 2 is 2.29 bits per heavy atom. The lowest BCUT2D eigenvalue weighted by atomic mass is 10.2. The second-order valence-corrected chi connectivity index (χ2v) is 10.6. The van der Waals surface area contributed by atoms with Crippen molar-refractivity contribution in [1.29, 1.82) is 0 Å². The Kier molecular flexibility index (Phi) is 6.13.